The van der Waals surface area contributed by atoms with Crippen LogP contribution in [0, 0.1) is 0 Å². The predicted octanol–water partition coefficient (Wildman–Crippen LogP) is 10.4. The normalized spacial score (nSPS) is 14.2. The number of carboxylic acid groups (broad SMARTS) is 1. The molecule has 0 aromatic heterocycles. The minimum Gasteiger partial charge on any atom is -0.480 e. The van der Waals surface area contributed by atoms with Crippen LogP contribution in [0.2, 0.25) is 0 Å². The maximum absolute atomic E-state index is 12.6. The predicted molar refractivity (Wildman–Crippen MR) is 212 cm³/mol. The van der Waals surface area contributed by atoms with Crippen molar-refractivity contribution in [3.63, 3.8) is 0 Å². The molecule has 0 rings (SSSR count). The molecule has 308 valence electrons. The van der Waals surface area contributed by atoms with Gasteiger partial charge in [0, 0.05) is 12.8 Å². The monoisotopic (exact) mass is 772 g/mol. The number of hydrogen-bond acceptors (Lipinski definition) is 9. The molecule has 0 bridgehead atoms. The number of carbonyl (C=O) groups excluding carboxylic acids is 2. The number of nitrogens with two attached hydrogens (primary N) is 1. The smallest absolute Gasteiger partial charge is 0.472 e. The van der Waals surface area contributed by atoms with Crippen molar-refractivity contribution in [2.75, 3.05) is 19.8 Å². The molecule has 0 saturated heterocycles. The van der Waals surface area contributed by atoms with Crippen molar-refractivity contribution in [3.05, 3.63) is 36.5 Å². The topological polar surface area (TPSA) is 172 Å². The van der Waals surface area contributed by atoms with E-state index >= 15 is 0 Å². The summed E-state index contributed by atoms with van der Waals surface area (Å²) >= 11 is 0. The number of carboxylic acids is 1. The number of ether oxygens (including phenoxy) is 2. The molecule has 0 amide bonds. The van der Waals surface area contributed by atoms with E-state index in [9.17, 15) is 23.8 Å². The van der Waals surface area contributed by atoms with Crippen LogP contribution >= 0.6 is 7.82 Å². The van der Waals surface area contributed by atoms with Crippen LogP contribution in [-0.4, -0.2) is 59.9 Å². The Morgan fingerprint density at radius 2 is 1.02 bits per heavy atom. The molecule has 0 heterocycles. The fourth-order valence-corrected chi connectivity index (χ4v) is 6.15. The number of hydrogen-bond donors (Lipinski definition) is 3. The van der Waals surface area contributed by atoms with Crippen LogP contribution in [0.15, 0.2) is 36.5 Å². The Morgan fingerprint density at radius 1 is 0.585 bits per heavy atom. The highest BCUT2D eigenvalue weighted by Gasteiger charge is 2.28. The Kier molecular flexibility index (Phi) is 35.1. The Labute approximate surface area is 321 Å². The zero-order chi connectivity index (χ0) is 39.3. The fraction of sp³-hybridized carbons (Fsp3) is 0.780. The van der Waals surface area contributed by atoms with Crippen LogP contribution in [0.5, 0.6) is 0 Å². The summed E-state index contributed by atoms with van der Waals surface area (Å²) in [5, 5.41) is 8.87. The van der Waals surface area contributed by atoms with E-state index in [1.165, 1.54) is 89.9 Å². The van der Waals surface area contributed by atoms with E-state index in [4.69, 9.17) is 24.8 Å². The number of aliphatic carboxylic acids is 1. The van der Waals surface area contributed by atoms with Crippen molar-refractivity contribution in [1.82, 2.24) is 0 Å². The third-order valence-corrected chi connectivity index (χ3v) is 9.59. The van der Waals surface area contributed by atoms with Crippen molar-refractivity contribution in [1.29, 1.82) is 0 Å². The molecule has 53 heavy (non-hydrogen) atoms. The number of carbonyl (C=O) groups is 3. The number of phosphoric ester groups is 1. The minimum absolute atomic E-state index is 0.0909. The Hall–Kier alpha value is -2.30. The first kappa shape index (κ1) is 50.7. The molecule has 3 atom stereocenters. The number of unbranched alkanes of at least 4 members (excludes halogenated alkanes) is 18. The second-order valence-electron chi connectivity index (χ2n) is 13.8. The lowest BCUT2D eigenvalue weighted by Crippen LogP contribution is -2.34. The molecule has 0 radical (unpaired) electrons. The summed E-state index contributed by atoms with van der Waals surface area (Å²) in [7, 11) is -4.72. The highest BCUT2D eigenvalue weighted by molar-refractivity contribution is 7.47. The third-order valence-electron chi connectivity index (χ3n) is 8.64. The first-order chi connectivity index (χ1) is 25.6. The van der Waals surface area contributed by atoms with Gasteiger partial charge >= 0.3 is 25.7 Å². The van der Waals surface area contributed by atoms with Crippen LogP contribution < -0.4 is 5.73 Å². The molecule has 0 aliphatic heterocycles. The molecule has 0 spiro atoms. The summed E-state index contributed by atoms with van der Waals surface area (Å²) < 4.78 is 32.5. The molecule has 0 aromatic rings. The maximum atomic E-state index is 12.6. The molecule has 0 saturated carbocycles. The van der Waals surface area contributed by atoms with Crippen LogP contribution in [0.25, 0.3) is 0 Å². The van der Waals surface area contributed by atoms with Gasteiger partial charge in [0.25, 0.3) is 0 Å². The van der Waals surface area contributed by atoms with Crippen molar-refractivity contribution in [2.24, 2.45) is 5.73 Å². The van der Waals surface area contributed by atoms with Crippen molar-refractivity contribution in [2.45, 2.75) is 187 Å². The lowest BCUT2D eigenvalue weighted by Gasteiger charge is -2.20. The second kappa shape index (κ2) is 36.7. The van der Waals surface area contributed by atoms with E-state index in [1.54, 1.807) is 0 Å². The lowest BCUT2D eigenvalue weighted by atomic mass is 10.0. The minimum atomic E-state index is -4.72. The Morgan fingerprint density at radius 3 is 1.55 bits per heavy atom. The molecule has 12 heteroatoms. The number of phosphoric acid groups is 1. The van der Waals surface area contributed by atoms with Gasteiger partial charge in [-0.2, -0.15) is 0 Å². The highest BCUT2D eigenvalue weighted by atomic mass is 31.2. The summed E-state index contributed by atoms with van der Waals surface area (Å²) in [6.07, 6.45) is 37.9. The van der Waals surface area contributed by atoms with Gasteiger partial charge in [0.1, 0.15) is 12.6 Å². The average molecular weight is 772 g/mol. The molecule has 11 nitrogen and oxygen atoms in total. The van der Waals surface area contributed by atoms with Gasteiger partial charge < -0.3 is 25.2 Å². The lowest BCUT2D eigenvalue weighted by molar-refractivity contribution is -0.161. The SMILES string of the molecule is CCCCCCCC/C=C\C/C=C\C/C=C\CCCC(=O)O[C@H](COC(=O)CCCCCCCCCCCCCC)COP(=O)(O)OC[C@H](N)C(=O)O. The van der Waals surface area contributed by atoms with Gasteiger partial charge in [0.05, 0.1) is 13.2 Å². The van der Waals surface area contributed by atoms with Gasteiger partial charge in [-0.25, -0.2) is 4.57 Å². The van der Waals surface area contributed by atoms with E-state index in [2.05, 4.69) is 42.7 Å². The van der Waals surface area contributed by atoms with Gasteiger partial charge in [-0.1, -0.05) is 153 Å². The van der Waals surface area contributed by atoms with Crippen LogP contribution in [-0.2, 0) is 37.5 Å². The van der Waals surface area contributed by atoms with Crippen LogP contribution in [0.1, 0.15) is 174 Å². The Balaban J connectivity index is 4.49. The van der Waals surface area contributed by atoms with Gasteiger partial charge in [-0.15, -0.1) is 0 Å². The molecule has 0 fully saturated rings. The fourth-order valence-electron chi connectivity index (χ4n) is 5.37. The van der Waals surface area contributed by atoms with Gasteiger partial charge in [-0.05, 0) is 44.9 Å². The maximum Gasteiger partial charge on any atom is 0.472 e. The van der Waals surface area contributed by atoms with Gasteiger partial charge in [-0.3, -0.25) is 23.4 Å². The van der Waals surface area contributed by atoms with Crippen LogP contribution in [0.3, 0.4) is 0 Å². The molecule has 0 aromatic carbocycles. The molecular weight excluding hydrogens is 697 g/mol. The van der Waals surface area contributed by atoms with E-state index in [0.29, 0.717) is 19.3 Å². The average Bonchev–Trinajstić information content (AvgIpc) is 3.13. The molecule has 1 unspecified atom stereocenters. The number of allylic oxidation sites excluding steroid dienone is 6. The standard InChI is InChI=1S/C41H74NO10P/c1-3-5-7-9-11-13-15-17-18-19-20-21-23-25-27-29-31-33-40(44)52-37(35-50-53(47,48)51-36-38(42)41(45)46)34-49-39(43)32-30-28-26-24-22-16-14-12-10-8-6-4-2/h17-18,20-21,25,27,37-38H,3-16,19,22-24,26,28-36,42H2,1-2H3,(H,45,46)(H,47,48)/b18-17-,21-20-,27-25-/t37-,38+/m1/s1. The molecular formula is C41H74NO10P. The van der Waals surface area contributed by atoms with E-state index in [1.807, 2.05) is 12.2 Å². The molecule has 0 aliphatic rings. The van der Waals surface area contributed by atoms with Crippen LogP contribution in [0.4, 0.5) is 0 Å². The summed E-state index contributed by atoms with van der Waals surface area (Å²) in [6, 6.07) is -1.53. The number of esters is 2. The Bertz CT molecular complexity index is 1050. The van der Waals surface area contributed by atoms with Crippen molar-refractivity contribution >= 4 is 25.7 Å². The van der Waals surface area contributed by atoms with E-state index in [-0.39, 0.29) is 19.4 Å². The summed E-state index contributed by atoms with van der Waals surface area (Å²) in [4.78, 5) is 45.8. The zero-order valence-electron chi connectivity index (χ0n) is 33.1. The number of rotatable bonds is 38. The van der Waals surface area contributed by atoms with E-state index in [0.717, 1.165) is 38.5 Å². The largest absolute Gasteiger partial charge is 0.480 e. The van der Waals surface area contributed by atoms with Gasteiger partial charge in [0.15, 0.2) is 6.10 Å². The third kappa shape index (κ3) is 36.4. The second-order valence-corrected chi connectivity index (χ2v) is 15.2. The van der Waals surface area contributed by atoms with Crippen molar-refractivity contribution < 1.29 is 47.5 Å². The van der Waals surface area contributed by atoms with Crippen molar-refractivity contribution in [3.8, 4) is 0 Å². The first-order valence-corrected chi connectivity index (χ1v) is 22.0. The summed E-state index contributed by atoms with van der Waals surface area (Å²) in [6.45, 7) is 2.73. The molecule has 0 aliphatic carbocycles. The summed E-state index contributed by atoms with van der Waals surface area (Å²) in [5.74, 6) is -2.44. The summed E-state index contributed by atoms with van der Waals surface area (Å²) in [5.41, 5.74) is 5.32. The quantitative estimate of drug-likeness (QED) is 0.0236. The highest BCUT2D eigenvalue weighted by Crippen LogP contribution is 2.43. The first-order valence-electron chi connectivity index (χ1n) is 20.5. The van der Waals surface area contributed by atoms with E-state index < -0.39 is 51.1 Å². The zero-order valence-corrected chi connectivity index (χ0v) is 34.0. The van der Waals surface area contributed by atoms with Gasteiger partial charge in [0.2, 0.25) is 0 Å². The molecule has 4 N–H and O–H groups in total.